The van der Waals surface area contributed by atoms with Gasteiger partial charge in [-0.15, -0.1) is 0 Å². The summed E-state index contributed by atoms with van der Waals surface area (Å²) >= 11 is 0. The Balaban J connectivity index is 1.30. The van der Waals surface area contributed by atoms with E-state index in [1.54, 1.807) is 0 Å². The summed E-state index contributed by atoms with van der Waals surface area (Å²) < 4.78 is 0. The molecule has 8 aromatic carbocycles. The highest BCUT2D eigenvalue weighted by Gasteiger charge is 2.36. The van der Waals surface area contributed by atoms with E-state index < -0.39 is 0 Å². The van der Waals surface area contributed by atoms with Gasteiger partial charge in [0.1, 0.15) is 0 Å². The minimum Gasteiger partial charge on any atom is -0.309 e. The van der Waals surface area contributed by atoms with Gasteiger partial charge in [0.15, 0.2) is 0 Å². The van der Waals surface area contributed by atoms with Crippen LogP contribution in [0.25, 0.3) is 55.3 Å². The van der Waals surface area contributed by atoms with E-state index in [0.717, 1.165) is 17.1 Å². The molecule has 50 heavy (non-hydrogen) atoms. The van der Waals surface area contributed by atoms with Gasteiger partial charge < -0.3 is 4.90 Å². The van der Waals surface area contributed by atoms with Crippen LogP contribution in [-0.4, -0.2) is 0 Å². The summed E-state index contributed by atoms with van der Waals surface area (Å²) in [5.41, 5.74) is 16.0. The van der Waals surface area contributed by atoms with Crippen LogP contribution in [0.2, 0.25) is 0 Å². The van der Waals surface area contributed by atoms with E-state index in [1.807, 2.05) is 0 Å². The lowest BCUT2D eigenvalue weighted by molar-refractivity contribution is 0.660. The summed E-state index contributed by atoms with van der Waals surface area (Å²) in [4.78, 5) is 2.48. The van der Waals surface area contributed by atoms with Gasteiger partial charge in [-0.2, -0.15) is 0 Å². The molecule has 0 N–H and O–H groups in total. The molecule has 0 fully saturated rings. The molecule has 0 atom stereocenters. The van der Waals surface area contributed by atoms with Crippen LogP contribution in [0.1, 0.15) is 25.0 Å². The van der Waals surface area contributed by atoms with Gasteiger partial charge in [0.25, 0.3) is 0 Å². The SMILES string of the molecule is CC1(C)c2ccccc2-c2ccc(N(c3ccccc3-c3ccccc3)c3ccccc3-c3ccc(-c4ccccc4)c4ccccc34)cc21. The van der Waals surface area contributed by atoms with Crippen LogP contribution in [0, 0.1) is 0 Å². The molecular formula is C49H37N. The fourth-order valence-corrected chi connectivity index (χ4v) is 8.07. The van der Waals surface area contributed by atoms with Crippen molar-refractivity contribution in [1.29, 1.82) is 0 Å². The number of fused-ring (bicyclic) bond motifs is 4. The first-order chi connectivity index (χ1) is 24.6. The van der Waals surface area contributed by atoms with Crippen LogP contribution in [0.15, 0.2) is 188 Å². The third-order valence-corrected chi connectivity index (χ3v) is 10.5. The zero-order chi connectivity index (χ0) is 33.7. The number of para-hydroxylation sites is 2. The lowest BCUT2D eigenvalue weighted by Gasteiger charge is -2.31. The molecule has 0 aliphatic heterocycles. The fourth-order valence-electron chi connectivity index (χ4n) is 8.07. The maximum absolute atomic E-state index is 2.48. The van der Waals surface area contributed by atoms with Crippen LogP contribution < -0.4 is 4.90 Å². The summed E-state index contributed by atoms with van der Waals surface area (Å²) in [6.45, 7) is 4.72. The van der Waals surface area contributed by atoms with Crippen LogP contribution in [0.5, 0.6) is 0 Å². The van der Waals surface area contributed by atoms with Crippen molar-refractivity contribution >= 4 is 27.8 Å². The Morgan fingerprint density at radius 3 is 1.50 bits per heavy atom. The smallest absolute Gasteiger partial charge is 0.0540 e. The maximum Gasteiger partial charge on any atom is 0.0540 e. The van der Waals surface area contributed by atoms with Crippen LogP contribution >= 0.6 is 0 Å². The third kappa shape index (κ3) is 4.85. The molecule has 0 amide bonds. The van der Waals surface area contributed by atoms with Gasteiger partial charge in [-0.1, -0.05) is 178 Å². The zero-order valence-corrected chi connectivity index (χ0v) is 28.3. The van der Waals surface area contributed by atoms with Gasteiger partial charge in [0.2, 0.25) is 0 Å². The molecule has 9 rings (SSSR count). The molecule has 0 saturated carbocycles. The van der Waals surface area contributed by atoms with Gasteiger partial charge in [0.05, 0.1) is 11.4 Å². The molecule has 0 saturated heterocycles. The molecule has 0 aromatic heterocycles. The lowest BCUT2D eigenvalue weighted by atomic mass is 9.82. The standard InChI is InChI=1S/C49H37N/c1-49(2)45-26-14-11-24-42(45)43-30-29-36(33-46(43)49)50(47-27-15-12-21-38(47)35-19-7-4-8-20-35)48-28-16-13-25-44(48)41-32-31-37(34-17-5-3-6-18-34)39-22-9-10-23-40(39)41/h3-33H,1-2H3. The van der Waals surface area contributed by atoms with Crippen LogP contribution in [0.4, 0.5) is 17.1 Å². The van der Waals surface area contributed by atoms with Crippen molar-refractivity contribution in [2.24, 2.45) is 0 Å². The quantitative estimate of drug-likeness (QED) is 0.175. The average molecular weight is 640 g/mol. The molecule has 0 heterocycles. The van der Waals surface area contributed by atoms with Gasteiger partial charge in [-0.3, -0.25) is 0 Å². The molecule has 0 radical (unpaired) electrons. The molecule has 8 aromatic rings. The van der Waals surface area contributed by atoms with E-state index in [1.165, 1.54) is 66.4 Å². The number of rotatable bonds is 6. The normalized spacial score (nSPS) is 12.8. The first-order valence-electron chi connectivity index (χ1n) is 17.5. The molecule has 0 spiro atoms. The maximum atomic E-state index is 2.48. The Hall–Kier alpha value is -6.18. The molecular weight excluding hydrogens is 603 g/mol. The molecule has 0 bridgehead atoms. The van der Waals surface area contributed by atoms with Gasteiger partial charge in [-0.25, -0.2) is 0 Å². The predicted octanol–water partition coefficient (Wildman–Crippen LogP) is 13.6. The summed E-state index contributed by atoms with van der Waals surface area (Å²) in [5, 5.41) is 2.49. The Kier molecular flexibility index (Phi) is 7.21. The average Bonchev–Trinajstić information content (AvgIpc) is 3.41. The number of benzene rings is 8. The summed E-state index contributed by atoms with van der Waals surface area (Å²) in [7, 11) is 0. The van der Waals surface area contributed by atoms with Crippen molar-refractivity contribution in [2.75, 3.05) is 4.90 Å². The lowest BCUT2D eigenvalue weighted by Crippen LogP contribution is -2.17. The molecule has 1 aliphatic carbocycles. The number of hydrogen-bond donors (Lipinski definition) is 0. The van der Waals surface area contributed by atoms with E-state index in [9.17, 15) is 0 Å². The molecule has 1 heteroatoms. The molecule has 1 aliphatic rings. The number of nitrogens with zero attached hydrogens (tertiary/aromatic N) is 1. The van der Waals surface area contributed by atoms with Crippen LogP contribution in [0.3, 0.4) is 0 Å². The summed E-state index contributed by atoms with van der Waals surface area (Å²) in [6, 6.07) is 68.6. The largest absolute Gasteiger partial charge is 0.309 e. The van der Waals surface area contributed by atoms with E-state index >= 15 is 0 Å². The number of anilines is 3. The molecule has 238 valence electrons. The second-order valence-electron chi connectivity index (χ2n) is 13.7. The van der Waals surface area contributed by atoms with E-state index in [2.05, 4.69) is 207 Å². The van der Waals surface area contributed by atoms with E-state index in [0.29, 0.717) is 0 Å². The van der Waals surface area contributed by atoms with Gasteiger partial charge >= 0.3 is 0 Å². The minimum absolute atomic E-state index is 0.116. The Labute approximate surface area is 294 Å². The van der Waals surface area contributed by atoms with Crippen molar-refractivity contribution in [3.63, 3.8) is 0 Å². The Morgan fingerprint density at radius 2 is 0.800 bits per heavy atom. The van der Waals surface area contributed by atoms with Gasteiger partial charge in [-0.05, 0) is 79.5 Å². The second kappa shape index (κ2) is 12.1. The highest BCUT2D eigenvalue weighted by Crippen LogP contribution is 2.52. The molecule has 1 nitrogen and oxygen atoms in total. The second-order valence-corrected chi connectivity index (χ2v) is 13.7. The van der Waals surface area contributed by atoms with Gasteiger partial charge in [0, 0.05) is 22.2 Å². The van der Waals surface area contributed by atoms with Crippen molar-refractivity contribution in [3.05, 3.63) is 199 Å². The summed E-state index contributed by atoms with van der Waals surface area (Å²) in [6.07, 6.45) is 0. The number of hydrogen-bond acceptors (Lipinski definition) is 1. The monoisotopic (exact) mass is 639 g/mol. The predicted molar refractivity (Wildman–Crippen MR) is 213 cm³/mol. The van der Waals surface area contributed by atoms with Crippen molar-refractivity contribution in [1.82, 2.24) is 0 Å². The first-order valence-corrected chi connectivity index (χ1v) is 17.5. The van der Waals surface area contributed by atoms with Crippen molar-refractivity contribution < 1.29 is 0 Å². The van der Waals surface area contributed by atoms with Crippen LogP contribution in [-0.2, 0) is 5.41 Å². The Morgan fingerprint density at radius 1 is 0.340 bits per heavy atom. The highest BCUT2D eigenvalue weighted by atomic mass is 15.1. The summed E-state index contributed by atoms with van der Waals surface area (Å²) in [5.74, 6) is 0. The van der Waals surface area contributed by atoms with E-state index in [-0.39, 0.29) is 5.41 Å². The zero-order valence-electron chi connectivity index (χ0n) is 28.3. The fraction of sp³-hybridized carbons (Fsp3) is 0.0612. The van der Waals surface area contributed by atoms with Crippen molar-refractivity contribution in [2.45, 2.75) is 19.3 Å². The first kappa shape index (κ1) is 29.9. The highest BCUT2D eigenvalue weighted by molar-refractivity contribution is 6.07. The van der Waals surface area contributed by atoms with E-state index in [4.69, 9.17) is 0 Å². The minimum atomic E-state index is -0.116. The molecule has 0 unspecified atom stereocenters. The topological polar surface area (TPSA) is 3.24 Å². The third-order valence-electron chi connectivity index (χ3n) is 10.5. The Bertz CT molecular complexity index is 2510. The van der Waals surface area contributed by atoms with Crippen molar-refractivity contribution in [3.8, 4) is 44.5 Å².